The minimum Gasteiger partial charge on any atom is -0.479 e. The molecule has 5 heteroatoms. The average molecular weight is 326 g/mol. The van der Waals surface area contributed by atoms with E-state index in [1.165, 1.54) is 7.11 Å². The van der Waals surface area contributed by atoms with Crippen LogP contribution in [-0.2, 0) is 19.7 Å². The van der Waals surface area contributed by atoms with E-state index in [9.17, 15) is 14.7 Å². The SMILES string of the molecule is COC(=O)C1(c2ccc(-c3cccc(C(O)C(=O)O)c3)cc2)CC1. The molecule has 2 aromatic carbocycles. The third kappa shape index (κ3) is 2.78. The molecule has 1 saturated carbocycles. The van der Waals surface area contributed by atoms with Gasteiger partial charge in [0.2, 0.25) is 0 Å². The number of benzene rings is 2. The van der Waals surface area contributed by atoms with Crippen molar-refractivity contribution < 1.29 is 24.5 Å². The first-order valence-electron chi connectivity index (χ1n) is 7.68. The summed E-state index contributed by atoms with van der Waals surface area (Å²) in [5.74, 6) is -1.49. The van der Waals surface area contributed by atoms with Gasteiger partial charge < -0.3 is 14.9 Å². The fourth-order valence-corrected chi connectivity index (χ4v) is 2.94. The Balaban J connectivity index is 1.88. The zero-order valence-corrected chi connectivity index (χ0v) is 13.2. The number of hydrogen-bond acceptors (Lipinski definition) is 4. The number of carbonyl (C=O) groups is 2. The molecule has 5 nitrogen and oxygen atoms in total. The number of esters is 1. The van der Waals surface area contributed by atoms with Gasteiger partial charge in [0, 0.05) is 0 Å². The maximum absolute atomic E-state index is 11.9. The third-order valence-electron chi connectivity index (χ3n) is 4.53. The highest BCUT2D eigenvalue weighted by Crippen LogP contribution is 2.49. The Morgan fingerprint density at radius 2 is 1.75 bits per heavy atom. The molecule has 24 heavy (non-hydrogen) atoms. The molecule has 0 spiro atoms. The van der Waals surface area contributed by atoms with Gasteiger partial charge in [0.25, 0.3) is 0 Å². The molecule has 2 aromatic rings. The van der Waals surface area contributed by atoms with Crippen LogP contribution in [-0.4, -0.2) is 29.3 Å². The van der Waals surface area contributed by atoms with E-state index >= 15 is 0 Å². The number of aliphatic hydroxyl groups is 1. The fraction of sp³-hybridized carbons (Fsp3) is 0.263. The van der Waals surface area contributed by atoms with Gasteiger partial charge in [0.1, 0.15) is 0 Å². The smallest absolute Gasteiger partial charge is 0.337 e. The summed E-state index contributed by atoms with van der Waals surface area (Å²) in [6, 6.07) is 14.4. The summed E-state index contributed by atoms with van der Waals surface area (Å²) in [6.07, 6.45) is 0.0387. The molecule has 1 aliphatic carbocycles. The van der Waals surface area contributed by atoms with Crippen molar-refractivity contribution in [1.82, 2.24) is 0 Å². The Hall–Kier alpha value is -2.66. The van der Waals surface area contributed by atoms with Crippen LogP contribution in [0.3, 0.4) is 0 Å². The highest BCUT2D eigenvalue weighted by atomic mass is 16.5. The lowest BCUT2D eigenvalue weighted by atomic mass is 9.93. The van der Waals surface area contributed by atoms with Crippen LogP contribution in [0.15, 0.2) is 48.5 Å². The predicted molar refractivity (Wildman–Crippen MR) is 87.4 cm³/mol. The molecule has 0 amide bonds. The molecule has 1 unspecified atom stereocenters. The van der Waals surface area contributed by atoms with E-state index < -0.39 is 17.5 Å². The molecule has 0 aliphatic heterocycles. The standard InChI is InChI=1S/C19H18O5/c1-24-18(23)19(9-10-19)15-7-5-12(6-8-15)13-3-2-4-14(11-13)16(20)17(21)22/h2-8,11,16,20H,9-10H2,1H3,(H,21,22). The van der Waals surface area contributed by atoms with Gasteiger partial charge in [-0.25, -0.2) is 4.79 Å². The number of carboxylic acids is 1. The zero-order chi connectivity index (χ0) is 17.3. The van der Waals surface area contributed by atoms with Gasteiger partial charge in [-0.2, -0.15) is 0 Å². The van der Waals surface area contributed by atoms with Gasteiger partial charge >= 0.3 is 11.9 Å². The van der Waals surface area contributed by atoms with Crippen molar-refractivity contribution in [3.63, 3.8) is 0 Å². The molecule has 0 radical (unpaired) electrons. The number of carbonyl (C=O) groups excluding carboxylic acids is 1. The summed E-state index contributed by atoms with van der Waals surface area (Å²) >= 11 is 0. The van der Waals surface area contributed by atoms with E-state index in [2.05, 4.69) is 0 Å². The molecular formula is C19H18O5. The Bertz CT molecular complexity index is 775. The van der Waals surface area contributed by atoms with Crippen LogP contribution in [0.5, 0.6) is 0 Å². The topological polar surface area (TPSA) is 83.8 Å². The molecule has 0 bridgehead atoms. The number of methoxy groups -OCH3 is 1. The molecule has 3 rings (SSSR count). The lowest BCUT2D eigenvalue weighted by Gasteiger charge is -2.14. The molecule has 0 saturated heterocycles. The Morgan fingerprint density at radius 1 is 1.08 bits per heavy atom. The highest BCUT2D eigenvalue weighted by Gasteiger charge is 2.52. The molecule has 1 atom stereocenters. The Morgan fingerprint density at radius 3 is 2.29 bits per heavy atom. The van der Waals surface area contributed by atoms with Crippen LogP contribution in [0.1, 0.15) is 30.1 Å². The van der Waals surface area contributed by atoms with E-state index in [1.54, 1.807) is 18.2 Å². The normalized spacial score (nSPS) is 16.2. The van der Waals surface area contributed by atoms with E-state index in [4.69, 9.17) is 9.84 Å². The van der Waals surface area contributed by atoms with E-state index in [0.29, 0.717) is 5.56 Å². The van der Waals surface area contributed by atoms with Gasteiger partial charge in [-0.15, -0.1) is 0 Å². The van der Waals surface area contributed by atoms with Crippen LogP contribution >= 0.6 is 0 Å². The van der Waals surface area contributed by atoms with Crippen molar-refractivity contribution in [2.45, 2.75) is 24.4 Å². The van der Waals surface area contributed by atoms with Crippen LogP contribution in [0.25, 0.3) is 11.1 Å². The summed E-state index contributed by atoms with van der Waals surface area (Å²) < 4.78 is 4.89. The van der Waals surface area contributed by atoms with Crippen LogP contribution < -0.4 is 0 Å². The predicted octanol–water partition coefficient (Wildman–Crippen LogP) is 2.68. The molecular weight excluding hydrogens is 308 g/mol. The van der Waals surface area contributed by atoms with Crippen molar-refractivity contribution in [1.29, 1.82) is 0 Å². The number of hydrogen-bond donors (Lipinski definition) is 2. The van der Waals surface area contributed by atoms with Crippen molar-refractivity contribution in [3.8, 4) is 11.1 Å². The van der Waals surface area contributed by atoms with Crippen LogP contribution in [0.2, 0.25) is 0 Å². The van der Waals surface area contributed by atoms with Crippen LogP contribution in [0, 0.1) is 0 Å². The van der Waals surface area contributed by atoms with Crippen molar-refractivity contribution in [2.24, 2.45) is 0 Å². The van der Waals surface area contributed by atoms with Gasteiger partial charge in [-0.1, -0.05) is 42.5 Å². The van der Waals surface area contributed by atoms with Gasteiger partial charge in [0.15, 0.2) is 6.10 Å². The summed E-state index contributed by atoms with van der Waals surface area (Å²) in [4.78, 5) is 22.8. The van der Waals surface area contributed by atoms with Crippen LogP contribution in [0.4, 0.5) is 0 Å². The third-order valence-corrected chi connectivity index (χ3v) is 4.53. The first kappa shape index (κ1) is 16.2. The molecule has 1 fully saturated rings. The lowest BCUT2D eigenvalue weighted by molar-refractivity contribution is -0.147. The second kappa shape index (κ2) is 6.09. The molecule has 2 N–H and O–H groups in total. The van der Waals surface area contributed by atoms with Crippen molar-refractivity contribution >= 4 is 11.9 Å². The number of aliphatic carboxylic acids is 1. The minimum atomic E-state index is -1.54. The lowest BCUT2D eigenvalue weighted by Crippen LogP contribution is -2.21. The molecule has 0 heterocycles. The second-order valence-electron chi connectivity index (χ2n) is 6.02. The first-order chi connectivity index (χ1) is 11.5. The summed E-state index contributed by atoms with van der Waals surface area (Å²) in [6.45, 7) is 0. The Labute approximate surface area is 139 Å². The maximum Gasteiger partial charge on any atom is 0.337 e. The quantitative estimate of drug-likeness (QED) is 0.825. The minimum absolute atomic E-state index is 0.207. The summed E-state index contributed by atoms with van der Waals surface area (Å²) in [5.41, 5.74) is 2.45. The largest absolute Gasteiger partial charge is 0.479 e. The highest BCUT2D eigenvalue weighted by molar-refractivity contribution is 5.86. The van der Waals surface area contributed by atoms with Gasteiger partial charge in [0.05, 0.1) is 12.5 Å². The van der Waals surface area contributed by atoms with Gasteiger partial charge in [-0.05, 0) is 41.2 Å². The summed E-state index contributed by atoms with van der Waals surface area (Å²) in [5, 5.41) is 18.6. The number of aliphatic hydroxyl groups excluding tert-OH is 1. The average Bonchev–Trinajstić information content (AvgIpc) is 3.42. The van der Waals surface area contributed by atoms with Crippen molar-refractivity contribution in [2.75, 3.05) is 7.11 Å². The van der Waals surface area contributed by atoms with Crippen molar-refractivity contribution in [3.05, 3.63) is 59.7 Å². The van der Waals surface area contributed by atoms with E-state index in [1.807, 2.05) is 30.3 Å². The van der Waals surface area contributed by atoms with E-state index in [-0.39, 0.29) is 5.97 Å². The second-order valence-corrected chi connectivity index (χ2v) is 6.02. The summed E-state index contributed by atoms with van der Waals surface area (Å²) in [7, 11) is 1.40. The molecule has 0 aromatic heterocycles. The monoisotopic (exact) mass is 326 g/mol. The molecule has 1 aliphatic rings. The molecule has 124 valence electrons. The number of ether oxygens (including phenoxy) is 1. The zero-order valence-electron chi connectivity index (χ0n) is 13.2. The number of rotatable bonds is 5. The number of carboxylic acid groups (broad SMARTS) is 1. The first-order valence-corrected chi connectivity index (χ1v) is 7.68. The Kier molecular flexibility index (Phi) is 4.11. The van der Waals surface area contributed by atoms with E-state index in [0.717, 1.165) is 29.5 Å². The fourth-order valence-electron chi connectivity index (χ4n) is 2.94. The maximum atomic E-state index is 11.9. The van der Waals surface area contributed by atoms with Gasteiger partial charge in [-0.3, -0.25) is 4.79 Å².